The van der Waals surface area contributed by atoms with Crippen LogP contribution in [0.15, 0.2) is 29.2 Å². The number of unbranched alkanes of at least 4 members (excludes halogenated alkanes) is 1. The number of thioether (sulfide) groups is 1. The van der Waals surface area contributed by atoms with E-state index in [2.05, 4.69) is 0 Å². The highest BCUT2D eigenvalue weighted by Gasteiger charge is 2.34. The van der Waals surface area contributed by atoms with Crippen LogP contribution in [-0.4, -0.2) is 45.3 Å². The molecule has 1 heterocycles. The number of carbonyl (C=O) groups excluding carboxylic acids is 2. The van der Waals surface area contributed by atoms with Crippen molar-refractivity contribution in [2.75, 3.05) is 13.2 Å². The third kappa shape index (κ3) is 4.90. The molecule has 1 N–H and O–H groups in total. The lowest BCUT2D eigenvalue weighted by atomic mass is 10.1. The Hall–Kier alpha value is -2.19. The van der Waals surface area contributed by atoms with E-state index in [0.29, 0.717) is 12.2 Å². The number of nitrogens with zero attached hydrogens (tertiary/aromatic N) is 1. The number of amides is 1. The number of carboxylic acid groups (broad SMARTS) is 1. The molecule has 1 aromatic carbocycles. The van der Waals surface area contributed by atoms with Gasteiger partial charge in [-0.15, -0.1) is 0 Å². The van der Waals surface area contributed by atoms with Gasteiger partial charge in [-0.25, -0.2) is 4.79 Å². The maximum absolute atomic E-state index is 12.5. The minimum Gasteiger partial charge on any atom is -0.478 e. The molecule has 1 aliphatic heterocycles. The molecule has 0 aliphatic carbocycles. The van der Waals surface area contributed by atoms with E-state index >= 15 is 0 Å². The first-order valence-electron chi connectivity index (χ1n) is 7.67. The number of benzene rings is 1. The van der Waals surface area contributed by atoms with Gasteiger partial charge >= 0.3 is 11.9 Å². The Balaban J connectivity index is 2.13. The second kappa shape index (κ2) is 8.77. The predicted octanol–water partition coefficient (Wildman–Crippen LogP) is 2.93. The van der Waals surface area contributed by atoms with Gasteiger partial charge in [-0.3, -0.25) is 14.5 Å². The number of thiocarbonyl (C=S) groups is 1. The standard InChI is InChI=1S/C17H17NO5S2/c1-2-3-8-23-14(19)10-18-15(20)13(25-17(18)24)9-11-6-4-5-7-12(11)16(21)22/h4-7,9H,2-3,8,10H2,1H3,(H,21,22)/b13-9-. The molecule has 25 heavy (non-hydrogen) atoms. The van der Waals surface area contributed by atoms with Crippen molar-refractivity contribution >= 4 is 52.2 Å². The Labute approximate surface area is 154 Å². The number of hydrogen-bond donors (Lipinski definition) is 1. The number of carboxylic acids is 1. The van der Waals surface area contributed by atoms with Crippen molar-refractivity contribution < 1.29 is 24.2 Å². The fourth-order valence-corrected chi connectivity index (χ4v) is 3.35. The molecule has 6 nitrogen and oxygen atoms in total. The zero-order chi connectivity index (χ0) is 18.4. The van der Waals surface area contributed by atoms with E-state index in [-0.39, 0.29) is 21.3 Å². The van der Waals surface area contributed by atoms with E-state index < -0.39 is 17.8 Å². The van der Waals surface area contributed by atoms with Crippen molar-refractivity contribution in [3.05, 3.63) is 40.3 Å². The van der Waals surface area contributed by atoms with Crippen LogP contribution in [0.4, 0.5) is 0 Å². The minimum absolute atomic E-state index is 0.0896. The Bertz CT molecular complexity index is 744. The van der Waals surface area contributed by atoms with Crippen LogP contribution in [0.1, 0.15) is 35.7 Å². The topological polar surface area (TPSA) is 83.9 Å². The number of esters is 1. The Morgan fingerprint density at radius 1 is 1.36 bits per heavy atom. The number of aromatic carboxylic acids is 1. The van der Waals surface area contributed by atoms with Gasteiger partial charge in [0.05, 0.1) is 17.1 Å². The molecule has 132 valence electrons. The van der Waals surface area contributed by atoms with E-state index in [9.17, 15) is 19.5 Å². The third-order valence-electron chi connectivity index (χ3n) is 3.40. The average molecular weight is 379 g/mol. The highest BCUT2D eigenvalue weighted by atomic mass is 32.2. The molecular weight excluding hydrogens is 362 g/mol. The van der Waals surface area contributed by atoms with Gasteiger partial charge in [0.2, 0.25) is 0 Å². The average Bonchev–Trinajstić information content (AvgIpc) is 2.83. The summed E-state index contributed by atoms with van der Waals surface area (Å²) in [6, 6.07) is 6.36. The van der Waals surface area contributed by atoms with E-state index in [1.54, 1.807) is 18.2 Å². The first kappa shape index (κ1) is 19.1. The second-order valence-corrected chi connectivity index (χ2v) is 6.91. The zero-order valence-corrected chi connectivity index (χ0v) is 15.2. The summed E-state index contributed by atoms with van der Waals surface area (Å²) in [5.74, 6) is -2.03. The normalized spacial score (nSPS) is 15.7. The van der Waals surface area contributed by atoms with Crippen molar-refractivity contribution in [2.45, 2.75) is 19.8 Å². The highest BCUT2D eigenvalue weighted by Crippen LogP contribution is 2.32. The lowest BCUT2D eigenvalue weighted by Crippen LogP contribution is -2.34. The smallest absolute Gasteiger partial charge is 0.336 e. The molecule has 1 amide bonds. The summed E-state index contributed by atoms with van der Waals surface area (Å²) in [4.78, 5) is 37.0. The SMILES string of the molecule is CCCCOC(=O)CN1C(=O)/C(=C/c2ccccc2C(=O)O)SC1=S. The number of hydrogen-bond acceptors (Lipinski definition) is 6. The Kier molecular flexibility index (Phi) is 6.72. The zero-order valence-electron chi connectivity index (χ0n) is 13.6. The van der Waals surface area contributed by atoms with Crippen LogP contribution in [0.5, 0.6) is 0 Å². The molecule has 0 saturated carbocycles. The number of ether oxygens (including phenoxy) is 1. The first-order valence-corrected chi connectivity index (χ1v) is 8.89. The van der Waals surface area contributed by atoms with Crippen molar-refractivity contribution in [1.29, 1.82) is 0 Å². The van der Waals surface area contributed by atoms with Crippen LogP contribution in [0, 0.1) is 0 Å². The molecule has 0 bridgehead atoms. The lowest BCUT2D eigenvalue weighted by Gasteiger charge is -2.13. The van der Waals surface area contributed by atoms with Gasteiger partial charge in [0.15, 0.2) is 0 Å². The monoisotopic (exact) mass is 379 g/mol. The molecule has 1 aliphatic rings. The fraction of sp³-hybridized carbons (Fsp3) is 0.294. The van der Waals surface area contributed by atoms with Crippen molar-refractivity contribution in [2.24, 2.45) is 0 Å². The molecule has 8 heteroatoms. The molecule has 0 atom stereocenters. The quantitative estimate of drug-likeness (QED) is 0.337. The lowest BCUT2D eigenvalue weighted by molar-refractivity contribution is -0.146. The molecule has 2 rings (SSSR count). The highest BCUT2D eigenvalue weighted by molar-refractivity contribution is 8.26. The van der Waals surface area contributed by atoms with E-state index in [1.165, 1.54) is 17.0 Å². The molecule has 0 unspecified atom stereocenters. The van der Waals surface area contributed by atoms with Gasteiger partial charge in [0, 0.05) is 0 Å². The van der Waals surface area contributed by atoms with Gasteiger partial charge in [0.1, 0.15) is 10.9 Å². The van der Waals surface area contributed by atoms with Crippen molar-refractivity contribution in [1.82, 2.24) is 4.90 Å². The molecule has 0 spiro atoms. The fourth-order valence-electron chi connectivity index (χ4n) is 2.10. The van der Waals surface area contributed by atoms with E-state index in [4.69, 9.17) is 17.0 Å². The van der Waals surface area contributed by atoms with Crippen molar-refractivity contribution in [3.8, 4) is 0 Å². The van der Waals surface area contributed by atoms with Crippen LogP contribution in [-0.2, 0) is 14.3 Å². The van der Waals surface area contributed by atoms with Crippen molar-refractivity contribution in [3.63, 3.8) is 0 Å². The molecule has 1 aromatic rings. The summed E-state index contributed by atoms with van der Waals surface area (Å²) in [7, 11) is 0. The van der Waals surface area contributed by atoms with Gasteiger partial charge in [0.25, 0.3) is 5.91 Å². The van der Waals surface area contributed by atoms with Gasteiger partial charge in [-0.2, -0.15) is 0 Å². The molecule has 0 radical (unpaired) electrons. The molecule has 1 fully saturated rings. The van der Waals surface area contributed by atoms with Crippen LogP contribution < -0.4 is 0 Å². The summed E-state index contributed by atoms with van der Waals surface area (Å²) < 4.78 is 5.29. The van der Waals surface area contributed by atoms with E-state index in [0.717, 1.165) is 24.6 Å². The second-order valence-electron chi connectivity index (χ2n) is 5.23. The summed E-state index contributed by atoms with van der Waals surface area (Å²) in [6.45, 7) is 2.05. The number of rotatable bonds is 7. The summed E-state index contributed by atoms with van der Waals surface area (Å²) in [5, 5.41) is 9.21. The third-order valence-corrected chi connectivity index (χ3v) is 4.78. The predicted molar refractivity (Wildman–Crippen MR) is 99.1 cm³/mol. The van der Waals surface area contributed by atoms with Crippen LogP contribution in [0.2, 0.25) is 0 Å². The molecule has 1 saturated heterocycles. The maximum Gasteiger partial charge on any atom is 0.336 e. The van der Waals surface area contributed by atoms with Crippen LogP contribution >= 0.6 is 24.0 Å². The van der Waals surface area contributed by atoms with Gasteiger partial charge in [-0.1, -0.05) is 55.5 Å². The summed E-state index contributed by atoms with van der Waals surface area (Å²) >= 11 is 6.19. The van der Waals surface area contributed by atoms with E-state index in [1.807, 2.05) is 6.92 Å². The van der Waals surface area contributed by atoms with Gasteiger partial charge in [-0.05, 0) is 24.1 Å². The molecule has 0 aromatic heterocycles. The van der Waals surface area contributed by atoms with Gasteiger partial charge < -0.3 is 9.84 Å². The number of carbonyl (C=O) groups is 3. The summed E-state index contributed by atoms with van der Waals surface area (Å²) in [6.07, 6.45) is 3.14. The summed E-state index contributed by atoms with van der Waals surface area (Å²) in [5.41, 5.74) is 0.493. The minimum atomic E-state index is -1.08. The Morgan fingerprint density at radius 2 is 2.08 bits per heavy atom. The molecular formula is C17H17NO5S2. The maximum atomic E-state index is 12.5. The van der Waals surface area contributed by atoms with Crippen LogP contribution in [0.3, 0.4) is 0 Å². The Morgan fingerprint density at radius 3 is 2.76 bits per heavy atom. The van der Waals surface area contributed by atoms with Crippen LogP contribution in [0.25, 0.3) is 6.08 Å². The first-order chi connectivity index (χ1) is 11.9. The largest absolute Gasteiger partial charge is 0.478 e.